The first-order chi connectivity index (χ1) is 8.13. The fraction of sp³-hybridized carbons (Fsp3) is 0.545. The van der Waals surface area contributed by atoms with Crippen molar-refractivity contribution < 1.29 is 4.79 Å². The van der Waals surface area contributed by atoms with Crippen LogP contribution in [0.3, 0.4) is 0 Å². The summed E-state index contributed by atoms with van der Waals surface area (Å²) in [7, 11) is 0. The van der Waals surface area contributed by atoms with Gasteiger partial charge in [-0.15, -0.1) is 11.3 Å². The van der Waals surface area contributed by atoms with Crippen molar-refractivity contribution in [1.82, 2.24) is 4.90 Å². The van der Waals surface area contributed by atoms with E-state index in [1.54, 1.807) is 6.07 Å². The number of amides is 1. The molecule has 1 aromatic heterocycles. The van der Waals surface area contributed by atoms with Gasteiger partial charge in [0.25, 0.3) is 5.91 Å². The van der Waals surface area contributed by atoms with Gasteiger partial charge in [-0.2, -0.15) is 0 Å². The van der Waals surface area contributed by atoms with Gasteiger partial charge >= 0.3 is 0 Å². The molecule has 1 saturated heterocycles. The molecule has 0 bridgehead atoms. The van der Waals surface area contributed by atoms with Gasteiger partial charge in [0.15, 0.2) is 0 Å². The Hall–Kier alpha value is -0.290. The number of thiophene rings is 1. The summed E-state index contributed by atoms with van der Waals surface area (Å²) in [6.45, 7) is 1.26. The summed E-state index contributed by atoms with van der Waals surface area (Å²) in [5, 5.41) is 0. The predicted molar refractivity (Wildman–Crippen MR) is 72.1 cm³/mol. The van der Waals surface area contributed by atoms with E-state index < -0.39 is 0 Å². The normalized spacial score (nSPS) is 20.6. The molecule has 0 unspecified atom stereocenters. The second-order valence-electron chi connectivity index (χ2n) is 4.12. The Bertz CT molecular complexity index is 422. The zero-order valence-corrected chi connectivity index (χ0v) is 11.6. The molecular formula is C11H14Cl2N2OS. The summed E-state index contributed by atoms with van der Waals surface area (Å²) in [5.41, 5.74) is 6.20. The number of hydrogen-bond donors (Lipinski definition) is 1. The largest absolute Gasteiger partial charge is 0.334 e. The molecule has 6 heteroatoms. The molecule has 1 fully saturated rings. The maximum atomic E-state index is 12.3. The van der Waals surface area contributed by atoms with Gasteiger partial charge in [-0.25, -0.2) is 0 Å². The van der Waals surface area contributed by atoms with Crippen LogP contribution in [-0.4, -0.2) is 29.9 Å². The van der Waals surface area contributed by atoms with Crippen molar-refractivity contribution in [1.29, 1.82) is 0 Å². The molecule has 3 nitrogen and oxygen atoms in total. The summed E-state index contributed by atoms with van der Waals surface area (Å²) < 4.78 is 1.00. The van der Waals surface area contributed by atoms with Gasteiger partial charge in [-0.3, -0.25) is 4.79 Å². The number of piperidine rings is 1. The average molecular weight is 293 g/mol. The molecule has 1 atom stereocenters. The summed E-state index contributed by atoms with van der Waals surface area (Å²) >= 11 is 13.1. The van der Waals surface area contributed by atoms with Crippen LogP contribution in [0.2, 0.25) is 8.67 Å². The van der Waals surface area contributed by atoms with E-state index in [0.29, 0.717) is 20.8 Å². The van der Waals surface area contributed by atoms with Crippen LogP contribution >= 0.6 is 34.5 Å². The highest BCUT2D eigenvalue weighted by Gasteiger charge is 2.28. The smallest absolute Gasteiger partial charge is 0.256 e. The Kier molecular flexibility index (Phi) is 4.31. The van der Waals surface area contributed by atoms with E-state index in [4.69, 9.17) is 28.9 Å². The Morgan fingerprint density at radius 2 is 2.29 bits per heavy atom. The van der Waals surface area contributed by atoms with Gasteiger partial charge in [0.05, 0.1) is 9.90 Å². The minimum atomic E-state index is -0.0479. The molecular weight excluding hydrogens is 279 g/mol. The third kappa shape index (κ3) is 2.76. The lowest BCUT2D eigenvalue weighted by molar-refractivity contribution is 0.0624. The number of carbonyl (C=O) groups excluding carboxylic acids is 1. The van der Waals surface area contributed by atoms with Crippen molar-refractivity contribution in [3.63, 3.8) is 0 Å². The number of halogens is 2. The lowest BCUT2D eigenvalue weighted by Crippen LogP contribution is -2.47. The zero-order valence-electron chi connectivity index (χ0n) is 9.29. The minimum absolute atomic E-state index is 0.0479. The molecule has 0 spiro atoms. The maximum absolute atomic E-state index is 12.3. The quantitative estimate of drug-likeness (QED) is 0.911. The minimum Gasteiger partial charge on any atom is -0.334 e. The number of likely N-dealkylation sites (tertiary alicyclic amines) is 1. The van der Waals surface area contributed by atoms with Crippen molar-refractivity contribution in [3.8, 4) is 0 Å². The zero-order chi connectivity index (χ0) is 12.4. The molecule has 94 valence electrons. The Labute approximate surface area is 114 Å². The molecule has 0 saturated carbocycles. The van der Waals surface area contributed by atoms with Crippen LogP contribution in [0.1, 0.15) is 29.6 Å². The van der Waals surface area contributed by atoms with Crippen molar-refractivity contribution in [3.05, 3.63) is 20.3 Å². The van der Waals surface area contributed by atoms with Crippen LogP contribution < -0.4 is 5.73 Å². The standard InChI is InChI=1S/C11H14Cl2N2OS/c12-9-5-8(10(13)17-9)11(16)15-4-2-1-3-7(15)6-14/h5,7H,1-4,6,14H2/t7-/m1/s1. The molecule has 2 rings (SSSR count). The molecule has 1 aromatic rings. The third-order valence-electron chi connectivity index (χ3n) is 3.05. The van der Waals surface area contributed by atoms with Crippen molar-refractivity contribution in [2.24, 2.45) is 5.73 Å². The van der Waals surface area contributed by atoms with Crippen LogP contribution in [0.15, 0.2) is 6.07 Å². The molecule has 0 aromatic carbocycles. The first-order valence-corrected chi connectivity index (χ1v) is 7.16. The van der Waals surface area contributed by atoms with Gasteiger partial charge in [0.1, 0.15) is 4.34 Å². The van der Waals surface area contributed by atoms with Gasteiger partial charge < -0.3 is 10.6 Å². The molecule has 1 amide bonds. The van der Waals surface area contributed by atoms with Gasteiger partial charge in [0, 0.05) is 19.1 Å². The van der Waals surface area contributed by atoms with Crippen LogP contribution in [0, 0.1) is 0 Å². The van der Waals surface area contributed by atoms with Crippen LogP contribution in [0.4, 0.5) is 0 Å². The Morgan fingerprint density at radius 1 is 1.53 bits per heavy atom. The molecule has 1 aliphatic rings. The molecule has 1 aliphatic heterocycles. The average Bonchev–Trinajstić information content (AvgIpc) is 2.67. The van der Waals surface area contributed by atoms with E-state index in [9.17, 15) is 4.79 Å². The van der Waals surface area contributed by atoms with E-state index in [2.05, 4.69) is 0 Å². The monoisotopic (exact) mass is 292 g/mol. The SMILES string of the molecule is NC[C@H]1CCCCN1C(=O)c1cc(Cl)sc1Cl. The van der Waals surface area contributed by atoms with Crippen molar-refractivity contribution >= 4 is 40.4 Å². The third-order valence-corrected chi connectivity index (χ3v) is 4.53. The van der Waals surface area contributed by atoms with E-state index in [-0.39, 0.29) is 11.9 Å². The molecule has 2 N–H and O–H groups in total. The van der Waals surface area contributed by atoms with E-state index in [1.807, 2.05) is 4.90 Å². The van der Waals surface area contributed by atoms with Crippen LogP contribution in [-0.2, 0) is 0 Å². The number of nitrogens with two attached hydrogens (primary N) is 1. The first-order valence-electron chi connectivity index (χ1n) is 5.59. The molecule has 17 heavy (non-hydrogen) atoms. The van der Waals surface area contributed by atoms with Crippen LogP contribution in [0.5, 0.6) is 0 Å². The summed E-state index contributed by atoms with van der Waals surface area (Å²) in [6.07, 6.45) is 3.12. The highest BCUT2D eigenvalue weighted by Crippen LogP contribution is 2.33. The molecule has 2 heterocycles. The van der Waals surface area contributed by atoms with Gasteiger partial charge in [0.2, 0.25) is 0 Å². The predicted octanol–water partition coefficient (Wildman–Crippen LogP) is 3.01. The maximum Gasteiger partial charge on any atom is 0.256 e. The van der Waals surface area contributed by atoms with E-state index in [0.717, 1.165) is 25.8 Å². The number of hydrogen-bond acceptors (Lipinski definition) is 3. The lowest BCUT2D eigenvalue weighted by Gasteiger charge is -2.35. The van der Waals surface area contributed by atoms with Crippen LogP contribution in [0.25, 0.3) is 0 Å². The van der Waals surface area contributed by atoms with E-state index in [1.165, 1.54) is 11.3 Å². The van der Waals surface area contributed by atoms with Crippen molar-refractivity contribution in [2.45, 2.75) is 25.3 Å². The molecule has 0 aliphatic carbocycles. The van der Waals surface area contributed by atoms with Gasteiger partial charge in [-0.1, -0.05) is 23.2 Å². The Balaban J connectivity index is 2.21. The summed E-state index contributed by atoms with van der Waals surface area (Å²) in [5.74, 6) is -0.0479. The topological polar surface area (TPSA) is 46.3 Å². The summed E-state index contributed by atoms with van der Waals surface area (Å²) in [4.78, 5) is 14.2. The van der Waals surface area contributed by atoms with Crippen molar-refractivity contribution in [2.75, 3.05) is 13.1 Å². The second kappa shape index (κ2) is 5.57. The fourth-order valence-electron chi connectivity index (χ4n) is 2.15. The lowest BCUT2D eigenvalue weighted by atomic mass is 10.0. The first kappa shape index (κ1) is 13.1. The number of carbonyl (C=O) groups is 1. The summed E-state index contributed by atoms with van der Waals surface area (Å²) in [6, 6.07) is 1.77. The second-order valence-corrected chi connectivity index (χ2v) is 6.41. The fourth-order valence-corrected chi connectivity index (χ4v) is 3.60. The number of rotatable bonds is 2. The van der Waals surface area contributed by atoms with E-state index >= 15 is 0 Å². The van der Waals surface area contributed by atoms with Gasteiger partial charge in [-0.05, 0) is 25.3 Å². The Morgan fingerprint density at radius 3 is 2.88 bits per heavy atom. The highest BCUT2D eigenvalue weighted by molar-refractivity contribution is 7.20. The number of nitrogens with zero attached hydrogens (tertiary/aromatic N) is 1. The molecule has 0 radical (unpaired) electrons. The highest BCUT2D eigenvalue weighted by atomic mass is 35.5.